The first kappa shape index (κ1) is 19.6. The standard InChI is InChI=1S/C7H10O10.Na.H/c8-3(9)1-6(13,5(11)12)2-4(10)17-7(14,15)16;;/h13-16H,1-2H2,(H,8,9)(H,11,12);;. The summed E-state index contributed by atoms with van der Waals surface area (Å²) in [4.78, 5) is 31.7. The molecule has 0 spiro atoms. The molecule has 10 nitrogen and oxygen atoms in total. The van der Waals surface area contributed by atoms with Gasteiger partial charge in [0.2, 0.25) is 0 Å². The van der Waals surface area contributed by atoms with E-state index >= 15 is 0 Å². The van der Waals surface area contributed by atoms with Crippen LogP contribution >= 0.6 is 0 Å². The van der Waals surface area contributed by atoms with E-state index in [0.717, 1.165) is 0 Å². The molecule has 0 saturated carbocycles. The Morgan fingerprint density at radius 3 is 1.67 bits per heavy atom. The van der Waals surface area contributed by atoms with Gasteiger partial charge in [-0.2, -0.15) is 0 Å². The first-order valence-corrected chi connectivity index (χ1v) is 4.03. The summed E-state index contributed by atoms with van der Waals surface area (Å²) in [7, 11) is 0. The van der Waals surface area contributed by atoms with Crippen LogP contribution < -0.4 is 0 Å². The molecular formula is C7H11NaO10. The summed E-state index contributed by atoms with van der Waals surface area (Å²) in [5, 5.41) is 50.8. The van der Waals surface area contributed by atoms with Crippen LogP contribution in [-0.2, 0) is 19.1 Å². The average Bonchev–Trinajstić information content (AvgIpc) is 1.96. The quantitative estimate of drug-likeness (QED) is 0.160. The van der Waals surface area contributed by atoms with Crippen LogP contribution in [0.25, 0.3) is 0 Å². The van der Waals surface area contributed by atoms with E-state index in [1.165, 1.54) is 0 Å². The van der Waals surface area contributed by atoms with E-state index < -0.39 is 42.5 Å². The second kappa shape index (κ2) is 6.99. The number of carboxylic acid groups (broad SMARTS) is 2. The zero-order chi connectivity index (χ0) is 13.9. The van der Waals surface area contributed by atoms with E-state index in [-0.39, 0.29) is 29.6 Å². The minimum absolute atomic E-state index is 0. The summed E-state index contributed by atoms with van der Waals surface area (Å²) in [6, 6.07) is 0. The van der Waals surface area contributed by atoms with E-state index in [2.05, 4.69) is 4.74 Å². The number of carboxylic acids is 2. The number of hydrogen-bond donors (Lipinski definition) is 6. The van der Waals surface area contributed by atoms with Crippen molar-refractivity contribution in [3.63, 3.8) is 0 Å². The van der Waals surface area contributed by atoms with Gasteiger partial charge in [0.05, 0.1) is 12.8 Å². The summed E-state index contributed by atoms with van der Waals surface area (Å²) in [5.74, 6) is -5.44. The molecule has 18 heavy (non-hydrogen) atoms. The van der Waals surface area contributed by atoms with Crippen LogP contribution in [0.15, 0.2) is 0 Å². The zero-order valence-corrected chi connectivity index (χ0v) is 8.23. The molecule has 0 aromatic carbocycles. The van der Waals surface area contributed by atoms with E-state index in [1.54, 1.807) is 0 Å². The molecule has 0 heterocycles. The fourth-order valence-corrected chi connectivity index (χ4v) is 0.891. The molecule has 1 unspecified atom stereocenters. The summed E-state index contributed by atoms with van der Waals surface area (Å²) in [5.41, 5.74) is -2.98. The number of aliphatic carboxylic acids is 2. The van der Waals surface area contributed by atoms with Gasteiger partial charge >= 0.3 is 53.6 Å². The molecular weight excluding hydrogens is 267 g/mol. The third-order valence-corrected chi connectivity index (χ3v) is 1.53. The molecule has 0 aliphatic heterocycles. The van der Waals surface area contributed by atoms with E-state index in [9.17, 15) is 19.5 Å². The van der Waals surface area contributed by atoms with Crippen molar-refractivity contribution in [3.05, 3.63) is 0 Å². The Morgan fingerprint density at radius 1 is 0.944 bits per heavy atom. The molecule has 0 rings (SSSR count). The molecule has 100 valence electrons. The Kier molecular flexibility index (Phi) is 7.61. The molecule has 0 aromatic heterocycles. The Morgan fingerprint density at radius 2 is 1.39 bits per heavy atom. The second-order valence-electron chi connectivity index (χ2n) is 3.13. The van der Waals surface area contributed by atoms with Gasteiger partial charge in [-0.3, -0.25) is 9.59 Å². The predicted molar refractivity (Wildman–Crippen MR) is 52.1 cm³/mol. The number of rotatable bonds is 6. The van der Waals surface area contributed by atoms with Crippen molar-refractivity contribution in [1.82, 2.24) is 0 Å². The van der Waals surface area contributed by atoms with Crippen molar-refractivity contribution in [2.75, 3.05) is 0 Å². The van der Waals surface area contributed by atoms with Crippen LogP contribution in [0.1, 0.15) is 12.8 Å². The molecule has 0 bridgehead atoms. The van der Waals surface area contributed by atoms with Crippen LogP contribution in [0, 0.1) is 0 Å². The van der Waals surface area contributed by atoms with E-state index in [0.29, 0.717) is 0 Å². The Labute approximate surface area is 122 Å². The third kappa shape index (κ3) is 7.55. The predicted octanol–water partition coefficient (Wildman–Crippen LogP) is -3.85. The van der Waals surface area contributed by atoms with Gasteiger partial charge in [-0.05, 0) is 0 Å². The van der Waals surface area contributed by atoms with E-state index in [4.69, 9.17) is 25.5 Å². The van der Waals surface area contributed by atoms with Crippen LogP contribution in [0.5, 0.6) is 0 Å². The van der Waals surface area contributed by atoms with Crippen molar-refractivity contribution in [2.45, 2.75) is 24.6 Å². The minimum atomic E-state index is -3.83. The molecule has 0 amide bonds. The van der Waals surface area contributed by atoms with Crippen LogP contribution in [0.3, 0.4) is 0 Å². The van der Waals surface area contributed by atoms with Gasteiger partial charge < -0.3 is 35.4 Å². The fourth-order valence-electron chi connectivity index (χ4n) is 0.891. The summed E-state index contributed by atoms with van der Waals surface area (Å²) < 4.78 is 3.48. The van der Waals surface area contributed by atoms with Crippen LogP contribution in [0.4, 0.5) is 0 Å². The van der Waals surface area contributed by atoms with Gasteiger partial charge in [-0.1, -0.05) is 0 Å². The van der Waals surface area contributed by atoms with E-state index in [1.807, 2.05) is 0 Å². The second-order valence-corrected chi connectivity index (χ2v) is 3.13. The first-order chi connectivity index (χ1) is 7.46. The maximum absolute atomic E-state index is 10.8. The van der Waals surface area contributed by atoms with Crippen LogP contribution in [-0.4, -0.2) is 89.9 Å². The molecule has 11 heteroatoms. The van der Waals surface area contributed by atoms with Gasteiger partial charge in [-0.15, -0.1) is 0 Å². The number of carbonyl (C=O) groups excluding carboxylic acids is 1. The van der Waals surface area contributed by atoms with Crippen molar-refractivity contribution < 1.29 is 49.8 Å². The van der Waals surface area contributed by atoms with Gasteiger partial charge in [0.25, 0.3) is 0 Å². The summed E-state index contributed by atoms with van der Waals surface area (Å²) in [6.07, 6.45) is -6.54. The molecule has 0 radical (unpaired) electrons. The third-order valence-electron chi connectivity index (χ3n) is 1.53. The Hall–Kier alpha value is -0.750. The number of esters is 1. The Bertz CT molecular complexity index is 334. The van der Waals surface area contributed by atoms with Gasteiger partial charge in [0, 0.05) is 0 Å². The zero-order valence-electron chi connectivity index (χ0n) is 8.23. The molecule has 0 aliphatic rings. The van der Waals surface area contributed by atoms with Gasteiger partial charge in [0.15, 0.2) is 5.60 Å². The molecule has 0 aliphatic carbocycles. The van der Waals surface area contributed by atoms with Crippen molar-refractivity contribution in [1.29, 1.82) is 0 Å². The number of hydrogen-bond acceptors (Lipinski definition) is 8. The molecule has 0 saturated heterocycles. The normalized spacial score (nSPS) is 14.0. The van der Waals surface area contributed by atoms with Crippen molar-refractivity contribution >= 4 is 47.5 Å². The Balaban J connectivity index is 0. The van der Waals surface area contributed by atoms with Gasteiger partial charge in [0.1, 0.15) is 0 Å². The van der Waals surface area contributed by atoms with Gasteiger partial charge in [-0.25, -0.2) is 4.79 Å². The topological polar surface area (TPSA) is 182 Å². The SMILES string of the molecule is O=C(O)CC(O)(CC(=O)OC(O)(O)O)C(=O)O.[NaH]. The monoisotopic (exact) mass is 278 g/mol. The number of carbonyl (C=O) groups is 3. The molecule has 6 N–H and O–H groups in total. The first-order valence-electron chi connectivity index (χ1n) is 4.03. The molecule has 0 fully saturated rings. The number of ether oxygens (including phenoxy) is 1. The number of aliphatic hydroxyl groups is 4. The average molecular weight is 278 g/mol. The summed E-state index contributed by atoms with van der Waals surface area (Å²) >= 11 is 0. The van der Waals surface area contributed by atoms with Crippen molar-refractivity contribution in [2.24, 2.45) is 0 Å². The summed E-state index contributed by atoms with van der Waals surface area (Å²) in [6.45, 7) is 0. The molecule has 0 aromatic rings. The maximum atomic E-state index is 10.8. The molecule has 1 atom stereocenters. The van der Waals surface area contributed by atoms with Crippen LogP contribution in [0.2, 0.25) is 0 Å². The fraction of sp³-hybridized carbons (Fsp3) is 0.571. The van der Waals surface area contributed by atoms with Crippen molar-refractivity contribution in [3.8, 4) is 0 Å².